The van der Waals surface area contributed by atoms with Crippen LogP contribution >= 0.6 is 0 Å². The number of allylic oxidation sites excluding steroid dienone is 13. The molecule has 33 heavy (non-hydrogen) atoms. The second-order valence-corrected chi connectivity index (χ2v) is 9.58. The standard InChI is InChI=1S/C33H50/c1-9-10-18-29(4)22-14-26-33(8)27-16-24-31(6)20-12-11-19-30(5)23-15-25-32(7)21-13-17-28(2)3/h9,17,19-20,22,25,27H,1,11-16,21,23-24,26H2,2-8H3/b29-22+,30-19+,31-20+,32-25+,33-27+. The Morgan fingerprint density at radius 2 is 0.879 bits per heavy atom. The summed E-state index contributed by atoms with van der Waals surface area (Å²) in [7, 11) is 0. The minimum atomic E-state index is 1.06. The molecule has 0 heteroatoms. The van der Waals surface area contributed by atoms with E-state index in [1.165, 1.54) is 53.5 Å². The Morgan fingerprint density at radius 1 is 0.515 bits per heavy atom. The van der Waals surface area contributed by atoms with Crippen LogP contribution in [0.5, 0.6) is 0 Å². The molecule has 0 aromatic carbocycles. The summed E-state index contributed by atoms with van der Waals surface area (Å²) in [4.78, 5) is 0. The van der Waals surface area contributed by atoms with Crippen LogP contribution < -0.4 is 0 Å². The van der Waals surface area contributed by atoms with E-state index in [0.717, 1.165) is 44.1 Å². The topological polar surface area (TPSA) is 0 Å². The van der Waals surface area contributed by atoms with E-state index in [0.29, 0.717) is 0 Å². The second kappa shape index (κ2) is 20.4. The average Bonchev–Trinajstić information content (AvgIpc) is 2.75. The highest BCUT2D eigenvalue weighted by molar-refractivity contribution is 5.30. The first kappa shape index (κ1) is 30.7. The van der Waals surface area contributed by atoms with Gasteiger partial charge in [-0.2, -0.15) is 0 Å². The van der Waals surface area contributed by atoms with Crippen LogP contribution in [-0.4, -0.2) is 0 Å². The van der Waals surface area contributed by atoms with Gasteiger partial charge in [0.2, 0.25) is 0 Å². The van der Waals surface area contributed by atoms with Gasteiger partial charge in [0.1, 0.15) is 0 Å². The van der Waals surface area contributed by atoms with Gasteiger partial charge in [0, 0.05) is 0 Å². The maximum absolute atomic E-state index is 3.63. The van der Waals surface area contributed by atoms with Gasteiger partial charge < -0.3 is 0 Å². The Bertz CT molecular complexity index is 802. The van der Waals surface area contributed by atoms with Crippen molar-refractivity contribution in [1.29, 1.82) is 0 Å². The predicted molar refractivity (Wildman–Crippen MR) is 152 cm³/mol. The lowest BCUT2D eigenvalue weighted by atomic mass is 10.0. The Morgan fingerprint density at radius 3 is 1.27 bits per heavy atom. The van der Waals surface area contributed by atoms with Crippen molar-refractivity contribution in [3.05, 3.63) is 82.5 Å². The molecule has 0 nitrogen and oxygen atoms in total. The molecule has 0 aliphatic heterocycles. The van der Waals surface area contributed by atoms with Crippen molar-refractivity contribution in [3.8, 4) is 11.8 Å². The molecule has 0 saturated carbocycles. The summed E-state index contributed by atoms with van der Waals surface area (Å²) in [6.45, 7) is 19.1. The Kier molecular flexibility index (Phi) is 19.0. The van der Waals surface area contributed by atoms with Crippen LogP contribution in [0.3, 0.4) is 0 Å². The van der Waals surface area contributed by atoms with Crippen molar-refractivity contribution in [2.75, 3.05) is 0 Å². The Hall–Kier alpha value is -2.26. The fourth-order valence-electron chi connectivity index (χ4n) is 3.48. The maximum atomic E-state index is 3.63. The molecule has 0 fully saturated rings. The summed E-state index contributed by atoms with van der Waals surface area (Å²) in [5.74, 6) is 5.98. The minimum absolute atomic E-state index is 1.06. The molecule has 0 aromatic rings. The molecule has 0 aliphatic carbocycles. The van der Waals surface area contributed by atoms with Crippen LogP contribution in [-0.2, 0) is 0 Å². The van der Waals surface area contributed by atoms with E-state index >= 15 is 0 Å². The summed E-state index contributed by atoms with van der Waals surface area (Å²) in [6.07, 6.45) is 27.4. The molecule has 0 aliphatic rings. The van der Waals surface area contributed by atoms with Gasteiger partial charge in [0.05, 0.1) is 0 Å². The number of hydrogen-bond acceptors (Lipinski definition) is 0. The van der Waals surface area contributed by atoms with Gasteiger partial charge in [-0.3, -0.25) is 0 Å². The molecule has 0 amide bonds. The van der Waals surface area contributed by atoms with Crippen LogP contribution in [0.15, 0.2) is 82.5 Å². The zero-order valence-electron chi connectivity index (χ0n) is 22.8. The van der Waals surface area contributed by atoms with Crippen molar-refractivity contribution in [3.63, 3.8) is 0 Å². The first-order valence-electron chi connectivity index (χ1n) is 12.8. The second-order valence-electron chi connectivity index (χ2n) is 9.58. The lowest BCUT2D eigenvalue weighted by Crippen LogP contribution is -1.82. The van der Waals surface area contributed by atoms with E-state index in [2.05, 4.69) is 103 Å². The van der Waals surface area contributed by atoms with Crippen LogP contribution in [0.1, 0.15) is 113 Å². The third-order valence-electron chi connectivity index (χ3n) is 5.67. The fourth-order valence-corrected chi connectivity index (χ4v) is 3.48. The van der Waals surface area contributed by atoms with Gasteiger partial charge in [0.25, 0.3) is 0 Å². The molecule has 182 valence electrons. The molecule has 0 N–H and O–H groups in total. The molecule has 0 rings (SSSR count). The molecule has 0 heterocycles. The van der Waals surface area contributed by atoms with E-state index in [1.54, 1.807) is 6.08 Å². The minimum Gasteiger partial charge on any atom is -0.0906 e. The highest BCUT2D eigenvalue weighted by atomic mass is 14.0. The predicted octanol–water partition coefficient (Wildman–Crippen LogP) is 10.8. The summed E-state index contributed by atoms with van der Waals surface area (Å²) in [6, 6.07) is 0. The van der Waals surface area contributed by atoms with E-state index in [9.17, 15) is 0 Å². The van der Waals surface area contributed by atoms with Crippen molar-refractivity contribution in [2.45, 2.75) is 113 Å². The van der Waals surface area contributed by atoms with Gasteiger partial charge in [-0.25, -0.2) is 0 Å². The third kappa shape index (κ3) is 21.3. The van der Waals surface area contributed by atoms with Gasteiger partial charge in [-0.15, -0.1) is 0 Å². The summed E-state index contributed by atoms with van der Waals surface area (Å²) >= 11 is 0. The fraction of sp³-hybridized carbons (Fsp3) is 0.515. The summed E-state index contributed by atoms with van der Waals surface area (Å²) < 4.78 is 0. The van der Waals surface area contributed by atoms with Gasteiger partial charge >= 0.3 is 0 Å². The Balaban J connectivity index is 4.13. The molecule has 0 aromatic heterocycles. The normalized spacial score (nSPS) is 13.5. The van der Waals surface area contributed by atoms with E-state index in [-0.39, 0.29) is 0 Å². The van der Waals surface area contributed by atoms with Crippen molar-refractivity contribution < 1.29 is 0 Å². The quantitative estimate of drug-likeness (QED) is 0.133. The monoisotopic (exact) mass is 446 g/mol. The van der Waals surface area contributed by atoms with Gasteiger partial charge in [-0.1, -0.05) is 82.7 Å². The molecular formula is C33H50. The van der Waals surface area contributed by atoms with Crippen LogP contribution in [0.2, 0.25) is 0 Å². The zero-order valence-corrected chi connectivity index (χ0v) is 22.8. The van der Waals surface area contributed by atoms with Crippen molar-refractivity contribution in [1.82, 2.24) is 0 Å². The van der Waals surface area contributed by atoms with Crippen LogP contribution in [0.4, 0.5) is 0 Å². The lowest BCUT2D eigenvalue weighted by molar-refractivity contribution is 0.896. The SMILES string of the molecule is C=CC#C/C(C)=C/CC/C(C)=C/CC/C(C)=C/CC/C=C(\C)CC/C=C(\C)CCC=C(C)C. The molecule has 0 unspecified atom stereocenters. The highest BCUT2D eigenvalue weighted by Gasteiger charge is 1.94. The van der Waals surface area contributed by atoms with E-state index in [1.807, 2.05) is 0 Å². The summed E-state index contributed by atoms with van der Waals surface area (Å²) in [5, 5.41) is 0. The third-order valence-corrected chi connectivity index (χ3v) is 5.67. The molecule has 0 radical (unpaired) electrons. The number of rotatable bonds is 15. The van der Waals surface area contributed by atoms with Crippen molar-refractivity contribution >= 4 is 0 Å². The average molecular weight is 447 g/mol. The molecule has 0 atom stereocenters. The number of hydrogen-bond donors (Lipinski definition) is 0. The lowest BCUT2D eigenvalue weighted by Gasteiger charge is -2.02. The van der Waals surface area contributed by atoms with Crippen LogP contribution in [0.25, 0.3) is 0 Å². The van der Waals surface area contributed by atoms with Gasteiger partial charge in [-0.05, 0) is 124 Å². The first-order chi connectivity index (χ1) is 15.7. The molecule has 0 saturated heterocycles. The highest BCUT2D eigenvalue weighted by Crippen LogP contribution is 2.14. The van der Waals surface area contributed by atoms with Crippen molar-refractivity contribution in [2.24, 2.45) is 0 Å². The van der Waals surface area contributed by atoms with E-state index in [4.69, 9.17) is 0 Å². The molecule has 0 bridgehead atoms. The maximum Gasteiger partial charge on any atom is -0.00470 e. The van der Waals surface area contributed by atoms with E-state index < -0.39 is 0 Å². The molecule has 0 spiro atoms. The molecular weight excluding hydrogens is 396 g/mol. The Labute approximate surface area is 207 Å². The van der Waals surface area contributed by atoms with Crippen LogP contribution in [0, 0.1) is 11.8 Å². The summed E-state index contributed by atoms with van der Waals surface area (Å²) in [5.41, 5.74) is 8.58. The largest absolute Gasteiger partial charge is 0.0906 e. The first-order valence-corrected chi connectivity index (χ1v) is 12.8. The van der Waals surface area contributed by atoms with Gasteiger partial charge in [0.15, 0.2) is 0 Å². The number of unbranched alkanes of at least 4 members (excludes halogenated alkanes) is 1. The smallest absolute Gasteiger partial charge is 0.00470 e. The zero-order chi connectivity index (χ0) is 24.9.